The predicted octanol–water partition coefficient (Wildman–Crippen LogP) is 2.73. The zero-order chi connectivity index (χ0) is 22.5. The molecule has 4 rings (SSSR count). The minimum absolute atomic E-state index is 0.0253. The zero-order valence-electron chi connectivity index (χ0n) is 18.0. The van der Waals surface area contributed by atoms with E-state index in [2.05, 4.69) is 10.1 Å². The van der Waals surface area contributed by atoms with Gasteiger partial charge >= 0.3 is 0 Å². The predicted molar refractivity (Wildman–Crippen MR) is 117 cm³/mol. The molecule has 3 N–H and O–H groups in total. The number of primary amides is 1. The smallest absolute Gasteiger partial charge is 0.248 e. The summed E-state index contributed by atoms with van der Waals surface area (Å²) < 4.78 is 1.59. The molecule has 1 aliphatic rings. The lowest BCUT2D eigenvalue weighted by Gasteiger charge is -2.16. The normalized spacial score (nSPS) is 15.8. The Balaban J connectivity index is 1.91. The van der Waals surface area contributed by atoms with Crippen LogP contribution in [0.3, 0.4) is 0 Å². The Labute approximate surface area is 180 Å². The Morgan fingerprint density at radius 2 is 1.97 bits per heavy atom. The van der Waals surface area contributed by atoms with Gasteiger partial charge in [0, 0.05) is 23.9 Å². The zero-order valence-corrected chi connectivity index (χ0v) is 18.0. The first kappa shape index (κ1) is 20.7. The highest BCUT2D eigenvalue weighted by Crippen LogP contribution is 2.42. The van der Waals surface area contributed by atoms with Gasteiger partial charge in [0.05, 0.1) is 11.1 Å². The lowest BCUT2D eigenvalue weighted by atomic mass is 9.85. The number of nitrogens with two attached hydrogens (primary N) is 1. The third-order valence-corrected chi connectivity index (χ3v) is 5.81. The number of hydrogen-bond donors (Lipinski definition) is 2. The fourth-order valence-corrected chi connectivity index (χ4v) is 3.92. The van der Waals surface area contributed by atoms with E-state index < -0.39 is 17.4 Å². The number of carbonyl (C=O) groups excluding carboxylic acids is 2. The van der Waals surface area contributed by atoms with E-state index in [0.29, 0.717) is 23.5 Å². The molecule has 1 atom stereocenters. The summed E-state index contributed by atoms with van der Waals surface area (Å²) in [6, 6.07) is 12.5. The molecule has 0 spiro atoms. The molecule has 160 valence electrons. The molecule has 0 bridgehead atoms. The quantitative estimate of drug-likeness (QED) is 0.660. The standard InChI is InChI=1S/C23H25N5O3/c1-5-18(29)20-25-21(28(26-20)15-8-6-7-13(11-15)19(24)30)14-9-10-17-16(12-14)23(2,3)22(31)27(17)4/h6-12,18,29H,5H2,1-4H3,(H2,24,30). The van der Waals surface area contributed by atoms with Gasteiger partial charge in [-0.25, -0.2) is 9.67 Å². The third kappa shape index (κ3) is 3.29. The Bertz CT molecular complexity index is 1200. The number of carbonyl (C=O) groups is 2. The highest BCUT2D eigenvalue weighted by molar-refractivity contribution is 6.07. The molecular formula is C23H25N5O3. The minimum Gasteiger partial charge on any atom is -0.385 e. The second-order valence-electron chi connectivity index (χ2n) is 8.27. The largest absolute Gasteiger partial charge is 0.385 e. The topological polar surface area (TPSA) is 114 Å². The fraction of sp³-hybridized carbons (Fsp3) is 0.304. The van der Waals surface area contributed by atoms with Crippen molar-refractivity contribution in [3.05, 3.63) is 59.4 Å². The highest BCUT2D eigenvalue weighted by atomic mass is 16.3. The molecular weight excluding hydrogens is 394 g/mol. The maximum absolute atomic E-state index is 12.7. The molecule has 2 amide bonds. The van der Waals surface area contributed by atoms with Gasteiger partial charge in [-0.15, -0.1) is 5.10 Å². The summed E-state index contributed by atoms with van der Waals surface area (Å²) in [5, 5.41) is 14.9. The molecule has 0 aliphatic carbocycles. The molecule has 1 aromatic heterocycles. The summed E-state index contributed by atoms with van der Waals surface area (Å²) >= 11 is 0. The van der Waals surface area contributed by atoms with Crippen molar-refractivity contribution in [3.8, 4) is 17.1 Å². The van der Waals surface area contributed by atoms with Gasteiger partial charge < -0.3 is 15.7 Å². The number of likely N-dealkylation sites (N-methyl/N-ethyl adjacent to an activating group) is 1. The second-order valence-corrected chi connectivity index (χ2v) is 8.27. The number of amides is 2. The number of anilines is 1. The van der Waals surface area contributed by atoms with Crippen molar-refractivity contribution < 1.29 is 14.7 Å². The first-order valence-electron chi connectivity index (χ1n) is 10.1. The van der Waals surface area contributed by atoms with E-state index in [1.54, 1.807) is 40.9 Å². The van der Waals surface area contributed by atoms with Crippen LogP contribution < -0.4 is 10.6 Å². The minimum atomic E-state index is -0.821. The van der Waals surface area contributed by atoms with Crippen LogP contribution in [0, 0.1) is 0 Å². The van der Waals surface area contributed by atoms with Gasteiger partial charge in [-0.2, -0.15) is 0 Å². The van der Waals surface area contributed by atoms with Crippen molar-refractivity contribution in [1.29, 1.82) is 0 Å². The monoisotopic (exact) mass is 419 g/mol. The van der Waals surface area contributed by atoms with Crippen LogP contribution in [0.2, 0.25) is 0 Å². The molecule has 3 aromatic rings. The first-order valence-corrected chi connectivity index (χ1v) is 10.1. The van der Waals surface area contributed by atoms with Gasteiger partial charge in [-0.05, 0) is 62.2 Å². The second kappa shape index (κ2) is 7.31. The Morgan fingerprint density at radius 1 is 1.23 bits per heavy atom. The van der Waals surface area contributed by atoms with Crippen LogP contribution in [-0.4, -0.2) is 38.7 Å². The maximum Gasteiger partial charge on any atom is 0.248 e. The van der Waals surface area contributed by atoms with Crippen molar-refractivity contribution >= 4 is 17.5 Å². The molecule has 31 heavy (non-hydrogen) atoms. The van der Waals surface area contributed by atoms with E-state index in [-0.39, 0.29) is 11.7 Å². The lowest BCUT2D eigenvalue weighted by Crippen LogP contribution is -2.33. The number of fused-ring (bicyclic) bond motifs is 1. The maximum atomic E-state index is 12.7. The lowest BCUT2D eigenvalue weighted by molar-refractivity contribution is -0.121. The summed E-state index contributed by atoms with van der Waals surface area (Å²) in [4.78, 5) is 30.6. The molecule has 8 heteroatoms. The molecule has 0 radical (unpaired) electrons. The van der Waals surface area contributed by atoms with E-state index in [1.165, 1.54) is 0 Å². The van der Waals surface area contributed by atoms with Gasteiger partial charge in [0.2, 0.25) is 11.8 Å². The van der Waals surface area contributed by atoms with Crippen molar-refractivity contribution in [2.75, 3.05) is 11.9 Å². The molecule has 2 aromatic carbocycles. The summed E-state index contributed by atoms with van der Waals surface area (Å²) in [7, 11) is 1.77. The number of aromatic nitrogens is 3. The Kier molecular flexibility index (Phi) is 4.89. The molecule has 8 nitrogen and oxygen atoms in total. The third-order valence-electron chi connectivity index (χ3n) is 5.81. The SMILES string of the molecule is CCC(O)c1nc(-c2ccc3c(c2)C(C)(C)C(=O)N3C)n(-c2cccc(C(N)=O)c2)n1. The van der Waals surface area contributed by atoms with Gasteiger partial charge in [0.1, 0.15) is 6.10 Å². The van der Waals surface area contributed by atoms with E-state index in [0.717, 1.165) is 16.8 Å². The van der Waals surface area contributed by atoms with Crippen LogP contribution >= 0.6 is 0 Å². The molecule has 0 saturated heterocycles. The Morgan fingerprint density at radius 3 is 2.65 bits per heavy atom. The molecule has 2 heterocycles. The van der Waals surface area contributed by atoms with E-state index in [9.17, 15) is 14.7 Å². The summed E-state index contributed by atoms with van der Waals surface area (Å²) in [6.45, 7) is 5.64. The van der Waals surface area contributed by atoms with Crippen LogP contribution in [-0.2, 0) is 10.2 Å². The Hall–Kier alpha value is -3.52. The van der Waals surface area contributed by atoms with Gasteiger partial charge in [-0.3, -0.25) is 9.59 Å². The number of benzene rings is 2. The van der Waals surface area contributed by atoms with Gasteiger partial charge in [-0.1, -0.05) is 13.0 Å². The summed E-state index contributed by atoms with van der Waals surface area (Å²) in [5.74, 6) is 0.273. The molecule has 0 fully saturated rings. The van der Waals surface area contributed by atoms with Crippen LogP contribution in [0.4, 0.5) is 5.69 Å². The number of aliphatic hydroxyl groups excluding tert-OH is 1. The van der Waals surface area contributed by atoms with Crippen LogP contribution in [0.15, 0.2) is 42.5 Å². The number of aliphatic hydroxyl groups is 1. The van der Waals surface area contributed by atoms with E-state index in [1.807, 2.05) is 39.0 Å². The van der Waals surface area contributed by atoms with Crippen molar-refractivity contribution in [1.82, 2.24) is 14.8 Å². The molecule has 0 saturated carbocycles. The average Bonchev–Trinajstić information content (AvgIpc) is 3.28. The summed E-state index contributed by atoms with van der Waals surface area (Å²) in [6.07, 6.45) is -0.362. The van der Waals surface area contributed by atoms with Gasteiger partial charge in [0.25, 0.3) is 0 Å². The fourth-order valence-electron chi connectivity index (χ4n) is 3.92. The van der Waals surface area contributed by atoms with E-state index in [4.69, 9.17) is 5.73 Å². The number of nitrogens with zero attached hydrogens (tertiary/aromatic N) is 4. The average molecular weight is 419 g/mol. The molecule has 1 aliphatic heterocycles. The highest BCUT2D eigenvalue weighted by Gasteiger charge is 2.42. The van der Waals surface area contributed by atoms with Crippen molar-refractivity contribution in [3.63, 3.8) is 0 Å². The number of rotatable bonds is 5. The summed E-state index contributed by atoms with van der Waals surface area (Å²) in [5.41, 5.74) is 8.23. The van der Waals surface area contributed by atoms with Crippen molar-refractivity contribution in [2.24, 2.45) is 5.73 Å². The molecule has 1 unspecified atom stereocenters. The van der Waals surface area contributed by atoms with Crippen LogP contribution in [0.5, 0.6) is 0 Å². The van der Waals surface area contributed by atoms with Crippen molar-refractivity contribution in [2.45, 2.75) is 38.7 Å². The van der Waals surface area contributed by atoms with E-state index >= 15 is 0 Å². The van der Waals surface area contributed by atoms with Gasteiger partial charge in [0.15, 0.2) is 11.6 Å². The number of hydrogen-bond acceptors (Lipinski definition) is 5. The van der Waals surface area contributed by atoms with Crippen LogP contribution in [0.25, 0.3) is 17.1 Å². The van der Waals surface area contributed by atoms with Crippen LogP contribution in [0.1, 0.15) is 55.0 Å². The first-order chi connectivity index (χ1) is 14.6.